The molecule has 1 aromatic rings. The van der Waals surface area contributed by atoms with Crippen LogP contribution in [-0.2, 0) is 9.53 Å². The van der Waals surface area contributed by atoms with Gasteiger partial charge in [-0.05, 0) is 45.0 Å². The summed E-state index contributed by atoms with van der Waals surface area (Å²) in [6, 6.07) is 4.39. The molecule has 0 atom stereocenters. The molecule has 1 fully saturated rings. The van der Waals surface area contributed by atoms with Crippen LogP contribution in [-0.4, -0.2) is 37.2 Å². The number of nitrogens with zero attached hydrogens (tertiary/aromatic N) is 1. The minimum absolute atomic E-state index is 0.431. The zero-order chi connectivity index (χ0) is 13.9. The fourth-order valence-electron chi connectivity index (χ4n) is 1.75. The van der Waals surface area contributed by atoms with E-state index in [1.807, 2.05) is 12.1 Å². The van der Waals surface area contributed by atoms with Crippen molar-refractivity contribution in [1.82, 2.24) is 10.3 Å². The molecule has 2 N–H and O–H groups in total. The number of nitrogens with one attached hydrogen (secondary N) is 2. The van der Waals surface area contributed by atoms with Crippen LogP contribution >= 0.6 is 11.6 Å². The molecule has 19 heavy (non-hydrogen) atoms. The fourth-order valence-corrected chi connectivity index (χ4v) is 1.92. The molecule has 0 aliphatic carbocycles. The van der Waals surface area contributed by atoms with Crippen molar-refractivity contribution in [1.29, 1.82) is 0 Å². The van der Waals surface area contributed by atoms with Gasteiger partial charge in [0.15, 0.2) is 5.15 Å². The number of aromatic nitrogens is 1. The van der Waals surface area contributed by atoms with E-state index >= 15 is 0 Å². The van der Waals surface area contributed by atoms with Gasteiger partial charge in [-0.1, -0.05) is 11.6 Å². The van der Waals surface area contributed by atoms with E-state index in [-0.39, 0.29) is 0 Å². The van der Waals surface area contributed by atoms with E-state index in [4.69, 9.17) is 11.6 Å². The third-order valence-electron chi connectivity index (χ3n) is 2.69. The number of hydrogen-bond acceptors (Lipinski definition) is 5. The number of hydrogen-bond donors (Lipinski definition) is 2. The summed E-state index contributed by atoms with van der Waals surface area (Å²) in [5.74, 6) is 0. The molecule has 1 aliphatic heterocycles. The van der Waals surface area contributed by atoms with Crippen LogP contribution in [0.2, 0.25) is 5.15 Å². The summed E-state index contributed by atoms with van der Waals surface area (Å²) in [6.45, 7) is 4.82. The first-order valence-corrected chi connectivity index (χ1v) is 6.78. The highest BCUT2D eigenvalue weighted by atomic mass is 35.5. The average molecular weight is 286 g/mol. The number of pyridine rings is 1. The molecule has 0 radical (unpaired) electrons. The first kappa shape index (κ1) is 15.7. The van der Waals surface area contributed by atoms with E-state index in [2.05, 4.69) is 20.4 Å². The Morgan fingerprint density at radius 2 is 2.32 bits per heavy atom. The van der Waals surface area contributed by atoms with E-state index in [0.29, 0.717) is 24.3 Å². The lowest BCUT2D eigenvalue weighted by molar-refractivity contribution is -0.128. The van der Waals surface area contributed by atoms with Crippen LogP contribution in [0.1, 0.15) is 19.8 Å². The predicted octanol–water partition coefficient (Wildman–Crippen LogP) is 2.08. The van der Waals surface area contributed by atoms with Crippen molar-refractivity contribution in [3.63, 3.8) is 0 Å². The molecule has 0 spiro atoms. The van der Waals surface area contributed by atoms with E-state index in [1.165, 1.54) is 0 Å². The summed E-state index contributed by atoms with van der Waals surface area (Å²) in [4.78, 5) is 13.2. The quantitative estimate of drug-likeness (QED) is 0.655. The van der Waals surface area contributed by atoms with Crippen molar-refractivity contribution in [2.24, 2.45) is 0 Å². The van der Waals surface area contributed by atoms with E-state index in [1.54, 1.807) is 13.1 Å². The maximum atomic E-state index is 9.18. The van der Waals surface area contributed by atoms with Gasteiger partial charge in [0.1, 0.15) is 0 Å². The minimum atomic E-state index is 0.431. The van der Waals surface area contributed by atoms with Crippen molar-refractivity contribution >= 4 is 23.8 Å². The zero-order valence-electron chi connectivity index (χ0n) is 11.1. The van der Waals surface area contributed by atoms with Gasteiger partial charge in [-0.2, -0.15) is 0 Å². The lowest BCUT2D eigenvalue weighted by Crippen LogP contribution is -2.35. The molecule has 106 valence electrons. The number of anilines is 1. The molecule has 0 aromatic carbocycles. The third kappa shape index (κ3) is 6.40. The van der Waals surface area contributed by atoms with E-state index in [0.717, 1.165) is 31.6 Å². The lowest BCUT2D eigenvalue weighted by Gasteiger charge is -2.24. The van der Waals surface area contributed by atoms with Gasteiger partial charge in [0.2, 0.25) is 0 Å². The molecule has 5 nitrogen and oxygen atoms in total. The number of rotatable bonds is 4. The molecule has 1 aromatic heterocycles. The normalized spacial score (nSPS) is 15.1. The average Bonchev–Trinajstić information content (AvgIpc) is 2.44. The van der Waals surface area contributed by atoms with Crippen molar-refractivity contribution in [3.05, 3.63) is 23.5 Å². The van der Waals surface area contributed by atoms with Crippen LogP contribution in [0, 0.1) is 0 Å². The Bertz CT molecular complexity index is 371. The van der Waals surface area contributed by atoms with Gasteiger partial charge >= 0.3 is 0 Å². The molecule has 1 aliphatic rings. The Morgan fingerprint density at radius 3 is 2.84 bits per heavy atom. The highest BCUT2D eigenvalue weighted by molar-refractivity contribution is 6.31. The zero-order valence-corrected chi connectivity index (χ0v) is 11.8. The second kappa shape index (κ2) is 9.58. The van der Waals surface area contributed by atoms with Gasteiger partial charge in [0, 0.05) is 12.2 Å². The molecule has 1 saturated heterocycles. The highest BCUT2D eigenvalue weighted by Gasteiger charge is 2.13. The summed E-state index contributed by atoms with van der Waals surface area (Å²) >= 11 is 5.95. The van der Waals surface area contributed by atoms with Crippen molar-refractivity contribution < 1.29 is 9.53 Å². The first-order chi connectivity index (χ1) is 9.27. The third-order valence-corrected chi connectivity index (χ3v) is 2.99. The number of carbonyl (C=O) groups is 1. The standard InChI is InChI=1S/C10H14ClN3.C3H6O2/c11-10-9(2-1-5-13-10)14-8-3-6-12-7-4-8;1-2-5-3-4/h1-2,5,8,12,14H,3-4,6-7H2;3H,2H2,1H3. The number of halogens is 1. The SMILES string of the molecule is CCOC=O.Clc1ncccc1NC1CCNCC1. The molecular weight excluding hydrogens is 266 g/mol. The molecular formula is C13H20ClN3O2. The molecule has 0 saturated carbocycles. The van der Waals surface area contributed by atoms with Gasteiger partial charge in [-0.3, -0.25) is 4.79 Å². The first-order valence-electron chi connectivity index (χ1n) is 6.41. The number of carbonyl (C=O) groups excluding carboxylic acids is 1. The fraction of sp³-hybridized carbons (Fsp3) is 0.538. The summed E-state index contributed by atoms with van der Waals surface area (Å²) in [6.07, 6.45) is 3.99. The van der Waals surface area contributed by atoms with Crippen molar-refractivity contribution in [3.8, 4) is 0 Å². The minimum Gasteiger partial charge on any atom is -0.468 e. The van der Waals surface area contributed by atoms with Crippen molar-refractivity contribution in [2.45, 2.75) is 25.8 Å². The number of ether oxygens (including phenoxy) is 1. The maximum Gasteiger partial charge on any atom is 0.293 e. The van der Waals surface area contributed by atoms with Crippen LogP contribution in [0.25, 0.3) is 0 Å². The van der Waals surface area contributed by atoms with E-state index in [9.17, 15) is 4.79 Å². The second-order valence-electron chi connectivity index (χ2n) is 4.06. The Balaban J connectivity index is 0.000000312. The second-order valence-corrected chi connectivity index (χ2v) is 4.42. The van der Waals surface area contributed by atoms with Gasteiger partial charge < -0.3 is 15.4 Å². The Labute approximate surface area is 118 Å². The van der Waals surface area contributed by atoms with E-state index < -0.39 is 0 Å². The van der Waals surface area contributed by atoms with Crippen LogP contribution in [0.5, 0.6) is 0 Å². The Kier molecular flexibility index (Phi) is 7.93. The van der Waals surface area contributed by atoms with Gasteiger partial charge in [0.25, 0.3) is 6.47 Å². The monoisotopic (exact) mass is 285 g/mol. The van der Waals surface area contributed by atoms with Gasteiger partial charge in [-0.25, -0.2) is 4.98 Å². The van der Waals surface area contributed by atoms with Gasteiger partial charge in [0.05, 0.1) is 12.3 Å². The van der Waals surface area contributed by atoms with Crippen LogP contribution in [0.4, 0.5) is 5.69 Å². The Hall–Kier alpha value is -1.33. The molecule has 2 heterocycles. The maximum absolute atomic E-state index is 9.18. The molecule has 0 unspecified atom stereocenters. The van der Waals surface area contributed by atoms with Crippen molar-refractivity contribution in [2.75, 3.05) is 25.0 Å². The summed E-state index contributed by atoms with van der Waals surface area (Å²) < 4.78 is 4.15. The molecule has 0 amide bonds. The highest BCUT2D eigenvalue weighted by Crippen LogP contribution is 2.20. The largest absolute Gasteiger partial charge is 0.468 e. The topological polar surface area (TPSA) is 63.2 Å². The smallest absolute Gasteiger partial charge is 0.293 e. The number of piperidine rings is 1. The van der Waals surface area contributed by atoms with Crippen LogP contribution < -0.4 is 10.6 Å². The molecule has 0 bridgehead atoms. The van der Waals surface area contributed by atoms with Crippen LogP contribution in [0.15, 0.2) is 18.3 Å². The Morgan fingerprint density at radius 1 is 1.58 bits per heavy atom. The van der Waals surface area contributed by atoms with Gasteiger partial charge in [-0.15, -0.1) is 0 Å². The molecule has 2 rings (SSSR count). The summed E-state index contributed by atoms with van der Waals surface area (Å²) in [5.41, 5.74) is 0.945. The van der Waals surface area contributed by atoms with Crippen LogP contribution in [0.3, 0.4) is 0 Å². The molecule has 6 heteroatoms. The lowest BCUT2D eigenvalue weighted by atomic mass is 10.1. The summed E-state index contributed by atoms with van der Waals surface area (Å²) in [7, 11) is 0. The predicted molar refractivity (Wildman–Crippen MR) is 76.5 cm³/mol. The summed E-state index contributed by atoms with van der Waals surface area (Å²) in [5, 5.41) is 7.30.